The Kier molecular flexibility index (Phi) is 6.07. The minimum atomic E-state index is -0.0160. The van der Waals surface area contributed by atoms with Gasteiger partial charge in [-0.2, -0.15) is 0 Å². The maximum absolute atomic E-state index is 12.3. The number of likely N-dealkylation sites (tertiary alicyclic amines) is 1. The van der Waals surface area contributed by atoms with Crippen LogP contribution in [0.25, 0.3) is 10.9 Å². The average Bonchev–Trinajstić information content (AvgIpc) is 3.17. The van der Waals surface area contributed by atoms with Crippen LogP contribution in [0.1, 0.15) is 35.3 Å². The Labute approximate surface area is 166 Å². The lowest BCUT2D eigenvalue weighted by atomic mass is 9.90. The van der Waals surface area contributed by atoms with Crippen molar-refractivity contribution in [2.45, 2.75) is 25.7 Å². The molecule has 4 nitrogen and oxygen atoms in total. The van der Waals surface area contributed by atoms with E-state index >= 15 is 0 Å². The van der Waals surface area contributed by atoms with Crippen LogP contribution in [0.2, 0.25) is 0 Å². The number of fused-ring (bicyclic) bond motifs is 1. The number of para-hydroxylation sites is 1. The first-order valence-electron chi connectivity index (χ1n) is 10.4. The Balaban J connectivity index is 1.14. The number of nitrogens with one attached hydrogen (secondary N) is 2. The predicted octanol–water partition coefficient (Wildman–Crippen LogP) is 4.24. The van der Waals surface area contributed by atoms with Gasteiger partial charge < -0.3 is 15.2 Å². The molecule has 1 aliphatic rings. The number of benzene rings is 2. The summed E-state index contributed by atoms with van der Waals surface area (Å²) in [4.78, 5) is 18.1. The zero-order valence-corrected chi connectivity index (χ0v) is 16.4. The highest BCUT2D eigenvalue weighted by Gasteiger charge is 2.19. The number of H-pyrrole nitrogens is 1. The summed E-state index contributed by atoms with van der Waals surface area (Å²) in [6.45, 7) is 4.13. The fourth-order valence-electron chi connectivity index (χ4n) is 4.16. The largest absolute Gasteiger partial charge is 0.351 e. The van der Waals surface area contributed by atoms with Crippen LogP contribution in [0.15, 0.2) is 60.7 Å². The molecule has 0 bridgehead atoms. The van der Waals surface area contributed by atoms with Gasteiger partial charge in [0.05, 0.1) is 0 Å². The fraction of sp³-hybridized carbons (Fsp3) is 0.375. The van der Waals surface area contributed by atoms with Gasteiger partial charge in [0, 0.05) is 17.4 Å². The van der Waals surface area contributed by atoms with Crippen molar-refractivity contribution >= 4 is 16.8 Å². The highest BCUT2D eigenvalue weighted by Crippen LogP contribution is 2.21. The molecule has 1 aliphatic heterocycles. The summed E-state index contributed by atoms with van der Waals surface area (Å²) >= 11 is 0. The number of nitrogens with zero attached hydrogens (tertiary/aromatic N) is 1. The first kappa shape index (κ1) is 18.8. The van der Waals surface area contributed by atoms with Gasteiger partial charge in [-0.05, 0) is 68.9 Å². The molecule has 0 radical (unpaired) electrons. The maximum atomic E-state index is 12.3. The van der Waals surface area contributed by atoms with Crippen molar-refractivity contribution in [2.24, 2.45) is 5.92 Å². The van der Waals surface area contributed by atoms with Crippen LogP contribution < -0.4 is 5.32 Å². The van der Waals surface area contributed by atoms with E-state index < -0.39 is 0 Å². The van der Waals surface area contributed by atoms with Gasteiger partial charge in [0.2, 0.25) is 0 Å². The molecule has 4 heteroatoms. The van der Waals surface area contributed by atoms with Gasteiger partial charge in [-0.1, -0.05) is 48.5 Å². The fourth-order valence-corrected chi connectivity index (χ4v) is 4.16. The zero-order valence-electron chi connectivity index (χ0n) is 16.4. The van der Waals surface area contributed by atoms with Gasteiger partial charge in [-0.25, -0.2) is 0 Å². The molecule has 2 N–H and O–H groups in total. The van der Waals surface area contributed by atoms with Crippen LogP contribution >= 0.6 is 0 Å². The van der Waals surface area contributed by atoms with E-state index in [1.54, 1.807) is 0 Å². The van der Waals surface area contributed by atoms with Crippen molar-refractivity contribution < 1.29 is 4.79 Å². The third-order valence-corrected chi connectivity index (χ3v) is 5.79. The molecule has 1 saturated heterocycles. The summed E-state index contributed by atoms with van der Waals surface area (Å²) < 4.78 is 0. The number of hydrogen-bond acceptors (Lipinski definition) is 2. The lowest BCUT2D eigenvalue weighted by Gasteiger charge is -2.32. The normalized spacial score (nSPS) is 15.7. The topological polar surface area (TPSA) is 48.1 Å². The van der Waals surface area contributed by atoms with Crippen LogP contribution in [-0.4, -0.2) is 42.0 Å². The molecular formula is C24H29N3O. The monoisotopic (exact) mass is 375 g/mol. The van der Waals surface area contributed by atoms with Crippen LogP contribution in [-0.2, 0) is 6.42 Å². The maximum Gasteiger partial charge on any atom is 0.267 e. The van der Waals surface area contributed by atoms with Gasteiger partial charge in [0.15, 0.2) is 0 Å². The highest BCUT2D eigenvalue weighted by molar-refractivity contribution is 5.97. The molecule has 1 amide bonds. The molecule has 0 aliphatic carbocycles. The van der Waals surface area contributed by atoms with E-state index in [-0.39, 0.29) is 5.91 Å². The highest BCUT2D eigenvalue weighted by atomic mass is 16.1. The Morgan fingerprint density at radius 2 is 1.79 bits per heavy atom. The van der Waals surface area contributed by atoms with E-state index in [0.29, 0.717) is 5.69 Å². The molecule has 1 aromatic heterocycles. The van der Waals surface area contributed by atoms with E-state index in [4.69, 9.17) is 0 Å². The second kappa shape index (κ2) is 9.07. The minimum Gasteiger partial charge on any atom is -0.351 e. The Morgan fingerprint density at radius 1 is 1.04 bits per heavy atom. The van der Waals surface area contributed by atoms with E-state index in [0.717, 1.165) is 36.3 Å². The number of carbonyl (C=O) groups excluding carboxylic acids is 1. The molecule has 0 saturated carbocycles. The number of aromatic amines is 1. The summed E-state index contributed by atoms with van der Waals surface area (Å²) in [6.07, 6.45) is 4.75. The van der Waals surface area contributed by atoms with Gasteiger partial charge in [-0.15, -0.1) is 0 Å². The number of rotatable bonds is 7. The van der Waals surface area contributed by atoms with E-state index in [1.165, 1.54) is 37.9 Å². The number of aromatic nitrogens is 1. The van der Waals surface area contributed by atoms with Crippen LogP contribution in [0.3, 0.4) is 0 Å². The van der Waals surface area contributed by atoms with Crippen molar-refractivity contribution in [1.29, 1.82) is 0 Å². The van der Waals surface area contributed by atoms with Gasteiger partial charge in [-0.3, -0.25) is 4.79 Å². The smallest absolute Gasteiger partial charge is 0.267 e. The van der Waals surface area contributed by atoms with Gasteiger partial charge in [0.1, 0.15) is 5.69 Å². The Morgan fingerprint density at radius 3 is 2.57 bits per heavy atom. The summed E-state index contributed by atoms with van der Waals surface area (Å²) in [5, 5.41) is 4.12. The second-order valence-corrected chi connectivity index (χ2v) is 7.85. The molecule has 28 heavy (non-hydrogen) atoms. The predicted molar refractivity (Wildman–Crippen MR) is 115 cm³/mol. The lowest BCUT2D eigenvalue weighted by molar-refractivity contribution is 0.0946. The van der Waals surface area contributed by atoms with Crippen molar-refractivity contribution in [2.75, 3.05) is 26.2 Å². The Bertz CT molecular complexity index is 861. The Hall–Kier alpha value is -2.59. The van der Waals surface area contributed by atoms with Gasteiger partial charge in [0.25, 0.3) is 5.91 Å². The molecule has 2 aromatic carbocycles. The molecule has 2 heterocycles. The SMILES string of the molecule is O=C(NCCCN1CCC(Cc2ccccc2)CC1)c1cc2ccccc2[nH]1. The van der Waals surface area contributed by atoms with Crippen LogP contribution in [0, 0.1) is 5.92 Å². The van der Waals surface area contributed by atoms with E-state index in [9.17, 15) is 4.79 Å². The summed E-state index contributed by atoms with van der Waals surface area (Å²) in [7, 11) is 0. The van der Waals surface area contributed by atoms with E-state index in [1.807, 2.05) is 30.3 Å². The third-order valence-electron chi connectivity index (χ3n) is 5.79. The molecule has 4 rings (SSSR count). The quantitative estimate of drug-likeness (QED) is 0.607. The summed E-state index contributed by atoms with van der Waals surface area (Å²) in [5.74, 6) is 0.790. The van der Waals surface area contributed by atoms with E-state index in [2.05, 4.69) is 45.5 Å². The standard InChI is InChI=1S/C24H29N3O/c28-24(23-18-21-9-4-5-10-22(21)26-23)25-13-6-14-27-15-11-20(12-16-27)17-19-7-2-1-3-8-19/h1-5,7-10,18,20,26H,6,11-17H2,(H,25,28). The summed E-state index contributed by atoms with van der Waals surface area (Å²) in [6, 6.07) is 20.7. The molecule has 1 fully saturated rings. The first-order valence-corrected chi connectivity index (χ1v) is 10.4. The van der Waals surface area contributed by atoms with Crippen LogP contribution in [0.5, 0.6) is 0 Å². The van der Waals surface area contributed by atoms with Crippen molar-refractivity contribution in [3.8, 4) is 0 Å². The third kappa shape index (κ3) is 4.82. The first-order chi connectivity index (χ1) is 13.8. The minimum absolute atomic E-state index is 0.0160. The van der Waals surface area contributed by atoms with Gasteiger partial charge >= 0.3 is 0 Å². The number of piperidine rings is 1. The molecule has 0 atom stereocenters. The molecule has 3 aromatic rings. The number of hydrogen-bond donors (Lipinski definition) is 2. The molecule has 0 spiro atoms. The van der Waals surface area contributed by atoms with Crippen LogP contribution in [0.4, 0.5) is 0 Å². The van der Waals surface area contributed by atoms with Crippen molar-refractivity contribution in [3.05, 3.63) is 71.9 Å². The van der Waals surface area contributed by atoms with Crippen molar-refractivity contribution in [3.63, 3.8) is 0 Å². The number of carbonyl (C=O) groups is 1. The van der Waals surface area contributed by atoms with Crippen molar-refractivity contribution in [1.82, 2.24) is 15.2 Å². The molecule has 0 unspecified atom stereocenters. The molecule has 146 valence electrons. The molecular weight excluding hydrogens is 346 g/mol. The zero-order chi connectivity index (χ0) is 19.2. The average molecular weight is 376 g/mol. The number of amides is 1. The summed E-state index contributed by atoms with van der Waals surface area (Å²) in [5.41, 5.74) is 3.11. The lowest BCUT2D eigenvalue weighted by Crippen LogP contribution is -2.36. The second-order valence-electron chi connectivity index (χ2n) is 7.85.